The molecule has 0 saturated carbocycles. The molecule has 0 aromatic heterocycles. The summed E-state index contributed by atoms with van der Waals surface area (Å²) in [6.45, 7) is 0. The van der Waals surface area contributed by atoms with Crippen LogP contribution in [0.5, 0.6) is 0 Å². The molecule has 0 fully saturated rings. The number of halogens is 1. The maximum absolute atomic E-state index is 6.00. The van der Waals surface area contributed by atoms with Crippen LogP contribution in [0.2, 0.25) is 15.9 Å². The van der Waals surface area contributed by atoms with Crippen LogP contribution in [0.4, 0.5) is 0 Å². The van der Waals surface area contributed by atoms with Crippen LogP contribution >= 0.6 is 11.6 Å². The summed E-state index contributed by atoms with van der Waals surface area (Å²) in [7, 11) is 0. The average Bonchev–Trinajstić information content (AvgIpc) is 2.11. The van der Waals surface area contributed by atoms with Gasteiger partial charge in [0.2, 0.25) is 0 Å². The number of rotatable bonds is 1. The Balaban J connectivity index is 2.86. The molecule has 0 aliphatic heterocycles. The zero-order chi connectivity index (χ0) is 7.78. The van der Waals surface area contributed by atoms with Crippen molar-refractivity contribution >= 4 is 11.6 Å². The van der Waals surface area contributed by atoms with E-state index >= 15 is 0 Å². The van der Waals surface area contributed by atoms with Crippen LogP contribution in [0, 0.1) is 0 Å². The molecule has 0 radical (unpaired) electrons. The van der Waals surface area contributed by atoms with Crippen LogP contribution in [0.25, 0.3) is 0 Å². The number of hydrogen-bond donors (Lipinski definition) is 0. The van der Waals surface area contributed by atoms with Gasteiger partial charge in [0.1, 0.15) is 0 Å². The normalized spacial score (nSPS) is 20.4. The van der Waals surface area contributed by atoms with Crippen LogP contribution in [0.15, 0.2) is 21.1 Å². The summed E-state index contributed by atoms with van der Waals surface area (Å²) in [6, 6.07) is 0. The van der Waals surface area contributed by atoms with E-state index in [4.69, 9.17) is 11.6 Å². The quantitative estimate of drug-likeness (QED) is 0.683. The Bertz CT molecular complexity index is 196. The molecule has 0 heterocycles. The predicted molar refractivity (Wildman–Crippen MR) is 44.2 cm³/mol. The summed E-state index contributed by atoms with van der Waals surface area (Å²) >= 11 is 4.50. The van der Waals surface area contributed by atoms with Gasteiger partial charge in [-0.25, -0.2) is 0 Å². The Labute approximate surface area is 71.2 Å². The van der Waals surface area contributed by atoms with Crippen LogP contribution in [-0.4, -0.2) is 0 Å². The summed E-state index contributed by atoms with van der Waals surface area (Å²) < 4.78 is 1.54. The third-order valence-electron chi connectivity index (χ3n) is 1.37. The van der Waals surface area contributed by atoms with Gasteiger partial charge in [0, 0.05) is 0 Å². The maximum atomic E-state index is 6.00. The van der Waals surface area contributed by atoms with Crippen molar-refractivity contribution in [3.63, 3.8) is 0 Å². The van der Waals surface area contributed by atoms with Gasteiger partial charge >= 0.3 is 71.2 Å². The molecule has 0 atom stereocenters. The topological polar surface area (TPSA) is 0 Å². The molecule has 0 spiro atoms. The van der Waals surface area contributed by atoms with E-state index in [-0.39, 0.29) is 0 Å². The van der Waals surface area contributed by atoms with Gasteiger partial charge in [-0.1, -0.05) is 0 Å². The Morgan fingerprint density at radius 2 is 2.00 bits per heavy atom. The fourth-order valence-electron chi connectivity index (χ4n) is 0.862. The molecule has 2 heteroatoms. The molecule has 0 saturated heterocycles. The second kappa shape index (κ2) is 2.83. The van der Waals surface area contributed by atoms with Gasteiger partial charge in [-0.15, -0.1) is 0 Å². The zero-order valence-corrected chi connectivity index (χ0v) is 9.58. The van der Waals surface area contributed by atoms with E-state index in [1.54, 1.807) is 0 Å². The fourth-order valence-corrected chi connectivity index (χ4v) is 5.97. The van der Waals surface area contributed by atoms with Crippen molar-refractivity contribution in [2.75, 3.05) is 0 Å². The van der Waals surface area contributed by atoms with E-state index in [2.05, 4.69) is 22.0 Å². The third-order valence-corrected chi connectivity index (χ3v) is 7.24. The summed E-state index contributed by atoms with van der Waals surface area (Å²) in [5, 5.41) is 8.14. The van der Waals surface area contributed by atoms with Gasteiger partial charge in [-0.3, -0.25) is 0 Å². The molecule has 0 N–H and O–H groups in total. The molecule has 10 heavy (non-hydrogen) atoms. The molecule has 62 valence electrons. The van der Waals surface area contributed by atoms with Crippen LogP contribution in [-0.2, 0) is 16.1 Å². The summed E-state index contributed by atoms with van der Waals surface area (Å²) in [5.74, 6) is 0. The molecule has 0 aromatic rings. The Morgan fingerprint density at radius 3 is 2.20 bits per heavy atom. The van der Waals surface area contributed by atoms with Crippen molar-refractivity contribution in [1.29, 1.82) is 0 Å². The van der Waals surface area contributed by atoms with Gasteiger partial charge in [0.15, 0.2) is 0 Å². The first-order chi connectivity index (χ1) is 4.52. The average molecular weight is 340 g/mol. The minimum absolute atomic E-state index is 1.02. The summed E-state index contributed by atoms with van der Waals surface area (Å²) in [6.07, 6.45) is 5.30. The van der Waals surface area contributed by atoms with Gasteiger partial charge in [0.25, 0.3) is 0 Å². The molecule has 0 nitrogen and oxygen atoms in total. The van der Waals surface area contributed by atoms with Crippen LogP contribution in [0.3, 0.4) is 0 Å². The van der Waals surface area contributed by atoms with Crippen molar-refractivity contribution in [2.24, 2.45) is 0 Å². The number of allylic oxidation sites excluding steroid dienone is 4. The monoisotopic (exact) mass is 339 g/mol. The minimum atomic E-state index is -1.50. The van der Waals surface area contributed by atoms with E-state index in [0.717, 1.165) is 11.5 Å². The fraction of sp³-hybridized carbons (Fsp3) is 0.500. The predicted octanol–water partition coefficient (Wildman–Crippen LogP) is 3.69. The first kappa shape index (κ1) is 8.55. The second-order valence-electron chi connectivity index (χ2n) is 2.75. The van der Waals surface area contributed by atoms with Gasteiger partial charge in [-0.2, -0.15) is 0 Å². The van der Waals surface area contributed by atoms with E-state index in [0.29, 0.717) is 0 Å². The first-order valence-electron chi connectivity index (χ1n) is 2.93. The SMILES string of the molecule is [CH3][Pt]([CH3])([CH3])[C]1=C(Cl)C=CC1. The van der Waals surface area contributed by atoms with Crippen molar-refractivity contribution in [3.8, 4) is 0 Å². The Kier molecular flexibility index (Phi) is 2.42. The first-order valence-corrected chi connectivity index (χ1v) is 11.3. The Hall–Kier alpha value is 0.458. The molecule has 1 rings (SSSR count). The van der Waals surface area contributed by atoms with Crippen molar-refractivity contribution < 1.29 is 16.1 Å². The molecule has 1 aliphatic rings. The van der Waals surface area contributed by atoms with Crippen molar-refractivity contribution in [1.82, 2.24) is 0 Å². The third kappa shape index (κ3) is 1.74. The summed E-state index contributed by atoms with van der Waals surface area (Å²) in [4.78, 5) is 0. The molecule has 0 bridgehead atoms. The van der Waals surface area contributed by atoms with Crippen molar-refractivity contribution in [2.45, 2.75) is 22.4 Å². The van der Waals surface area contributed by atoms with Gasteiger partial charge in [-0.05, 0) is 0 Å². The standard InChI is InChI=1S/C5H4Cl.3CH3.Pt/c6-5-3-1-2-4-5;;;;/h1,3H,2H2;3*1H3;. The number of hydrogen-bond acceptors (Lipinski definition) is 0. The Morgan fingerprint density at radius 1 is 1.40 bits per heavy atom. The van der Waals surface area contributed by atoms with E-state index in [1.807, 2.05) is 6.08 Å². The summed E-state index contributed by atoms with van der Waals surface area (Å²) in [5.41, 5.74) is 0. The molecule has 0 aromatic carbocycles. The molecular formula is C8H13ClPt. The van der Waals surface area contributed by atoms with Crippen LogP contribution < -0.4 is 0 Å². The molecular weight excluding hydrogens is 327 g/mol. The van der Waals surface area contributed by atoms with Crippen LogP contribution in [0.1, 0.15) is 6.42 Å². The van der Waals surface area contributed by atoms with Gasteiger partial charge < -0.3 is 0 Å². The molecule has 1 aliphatic carbocycles. The van der Waals surface area contributed by atoms with E-state index < -0.39 is 16.1 Å². The van der Waals surface area contributed by atoms with Gasteiger partial charge in [0.05, 0.1) is 0 Å². The molecule has 0 unspecified atom stereocenters. The van der Waals surface area contributed by atoms with E-state index in [1.165, 1.54) is 3.96 Å². The van der Waals surface area contributed by atoms with E-state index in [9.17, 15) is 0 Å². The second-order valence-corrected chi connectivity index (χ2v) is 14.7. The zero-order valence-electron chi connectivity index (χ0n) is 6.56. The van der Waals surface area contributed by atoms with Crippen molar-refractivity contribution in [3.05, 3.63) is 21.1 Å². The molecule has 0 amide bonds.